The van der Waals surface area contributed by atoms with Gasteiger partial charge in [0.15, 0.2) is 0 Å². The molecule has 1 aliphatic rings. The van der Waals surface area contributed by atoms with Crippen LogP contribution >= 0.6 is 0 Å². The third-order valence-electron chi connectivity index (χ3n) is 2.90. The third-order valence-corrected chi connectivity index (χ3v) is 4.80. The fourth-order valence-corrected chi connectivity index (χ4v) is 3.37. The van der Waals surface area contributed by atoms with Gasteiger partial charge in [-0.05, 0) is 13.3 Å². The number of aliphatic carboxylic acids is 1. The number of hydrogen-bond acceptors (Lipinski definition) is 4. The van der Waals surface area contributed by atoms with Gasteiger partial charge >= 0.3 is 5.97 Å². The number of carbonyl (C=O) groups is 1. The van der Waals surface area contributed by atoms with Crippen molar-refractivity contribution in [3.05, 3.63) is 0 Å². The molecule has 1 aliphatic heterocycles. The molecule has 0 bridgehead atoms. The summed E-state index contributed by atoms with van der Waals surface area (Å²) in [5.41, 5.74) is 0. The van der Waals surface area contributed by atoms with Crippen molar-refractivity contribution >= 4 is 16.0 Å². The Morgan fingerprint density at radius 3 is 2.53 bits per heavy atom. The molecule has 2 unspecified atom stereocenters. The molecule has 6 nitrogen and oxygen atoms in total. The lowest BCUT2D eigenvalue weighted by atomic mass is 10.0. The summed E-state index contributed by atoms with van der Waals surface area (Å²) in [6.45, 7) is 4.01. The second-order valence-corrected chi connectivity index (χ2v) is 6.27. The molecule has 0 aromatic rings. The molecule has 0 saturated carbocycles. The number of carboxylic acids is 1. The van der Waals surface area contributed by atoms with Gasteiger partial charge in [-0.2, -0.15) is 4.31 Å². The van der Waals surface area contributed by atoms with E-state index >= 15 is 0 Å². The van der Waals surface area contributed by atoms with Crippen molar-refractivity contribution in [2.24, 2.45) is 5.92 Å². The lowest BCUT2D eigenvalue weighted by Gasteiger charge is -2.28. The van der Waals surface area contributed by atoms with E-state index in [1.807, 2.05) is 6.92 Å². The summed E-state index contributed by atoms with van der Waals surface area (Å²) in [6.07, 6.45) is 0.655. The Morgan fingerprint density at radius 1 is 1.41 bits per heavy atom. The predicted molar refractivity (Wildman–Crippen MR) is 62.2 cm³/mol. The number of ether oxygens (including phenoxy) is 1. The first-order valence-corrected chi connectivity index (χ1v) is 7.35. The zero-order valence-corrected chi connectivity index (χ0v) is 10.9. The zero-order chi connectivity index (χ0) is 13.1. The molecule has 0 radical (unpaired) electrons. The minimum atomic E-state index is -3.38. The zero-order valence-electron chi connectivity index (χ0n) is 10.1. The Morgan fingerprint density at radius 2 is 2.06 bits per heavy atom. The van der Waals surface area contributed by atoms with Crippen LogP contribution in [0, 0.1) is 5.92 Å². The van der Waals surface area contributed by atoms with E-state index in [1.54, 1.807) is 6.92 Å². The van der Waals surface area contributed by atoms with Crippen molar-refractivity contribution < 1.29 is 23.1 Å². The predicted octanol–water partition coefficient (Wildman–Crippen LogP) is 0.148. The fourth-order valence-electron chi connectivity index (χ4n) is 1.96. The first kappa shape index (κ1) is 14.4. The minimum Gasteiger partial charge on any atom is -0.481 e. The van der Waals surface area contributed by atoms with Gasteiger partial charge in [0.25, 0.3) is 0 Å². The molecule has 7 heteroatoms. The van der Waals surface area contributed by atoms with Gasteiger partial charge in [0, 0.05) is 6.54 Å². The Hall–Kier alpha value is -0.660. The summed E-state index contributed by atoms with van der Waals surface area (Å²) in [4.78, 5) is 11.0. The first-order chi connectivity index (χ1) is 7.94. The van der Waals surface area contributed by atoms with Gasteiger partial charge in [-0.3, -0.25) is 4.79 Å². The maximum absolute atomic E-state index is 11.9. The average Bonchev–Trinajstić information content (AvgIpc) is 2.74. The SMILES string of the molecule is CCCN(C1COCC1C(=O)O)S(=O)(=O)CC. The van der Waals surface area contributed by atoms with Crippen LogP contribution in [0.1, 0.15) is 20.3 Å². The highest BCUT2D eigenvalue weighted by Gasteiger charge is 2.41. The topological polar surface area (TPSA) is 83.9 Å². The van der Waals surface area contributed by atoms with E-state index < -0.39 is 28.0 Å². The van der Waals surface area contributed by atoms with Crippen LogP contribution in [-0.2, 0) is 19.6 Å². The third kappa shape index (κ3) is 3.17. The standard InChI is InChI=1S/C10H19NO5S/c1-3-5-11(17(14,15)4-2)9-7-16-6-8(9)10(12)13/h8-9H,3-7H2,1-2H3,(H,12,13). The van der Waals surface area contributed by atoms with Crippen molar-refractivity contribution in [1.82, 2.24) is 4.31 Å². The molecule has 100 valence electrons. The van der Waals surface area contributed by atoms with E-state index in [1.165, 1.54) is 4.31 Å². The second kappa shape index (κ2) is 5.79. The molecule has 1 N–H and O–H groups in total. The first-order valence-electron chi connectivity index (χ1n) is 5.74. The molecule has 1 heterocycles. The van der Waals surface area contributed by atoms with Crippen LogP contribution in [0.25, 0.3) is 0 Å². The summed E-state index contributed by atoms with van der Waals surface area (Å²) in [5, 5.41) is 9.04. The fraction of sp³-hybridized carbons (Fsp3) is 0.900. The number of sulfonamides is 1. The van der Waals surface area contributed by atoms with E-state index in [9.17, 15) is 13.2 Å². The second-order valence-electron chi connectivity index (χ2n) is 4.06. The highest BCUT2D eigenvalue weighted by Crippen LogP contribution is 2.23. The number of hydrogen-bond donors (Lipinski definition) is 1. The van der Waals surface area contributed by atoms with Crippen LogP contribution in [0.5, 0.6) is 0 Å². The van der Waals surface area contributed by atoms with E-state index in [2.05, 4.69) is 0 Å². The Balaban J connectivity index is 2.94. The molecule has 0 aromatic heterocycles. The van der Waals surface area contributed by atoms with Crippen molar-refractivity contribution in [2.75, 3.05) is 25.5 Å². The van der Waals surface area contributed by atoms with Gasteiger partial charge in [-0.15, -0.1) is 0 Å². The van der Waals surface area contributed by atoms with Crippen LogP contribution in [0.3, 0.4) is 0 Å². The molecule has 0 aromatic carbocycles. The largest absolute Gasteiger partial charge is 0.481 e. The molecular formula is C10H19NO5S. The lowest BCUT2D eigenvalue weighted by molar-refractivity contribution is -0.142. The van der Waals surface area contributed by atoms with E-state index in [-0.39, 0.29) is 19.0 Å². The number of nitrogens with zero attached hydrogens (tertiary/aromatic N) is 1. The highest BCUT2D eigenvalue weighted by molar-refractivity contribution is 7.89. The molecule has 0 aliphatic carbocycles. The van der Waals surface area contributed by atoms with Crippen LogP contribution in [0.15, 0.2) is 0 Å². The number of rotatable bonds is 6. The van der Waals surface area contributed by atoms with Gasteiger partial charge < -0.3 is 9.84 Å². The van der Waals surface area contributed by atoms with Crippen molar-refractivity contribution in [2.45, 2.75) is 26.3 Å². The smallest absolute Gasteiger partial charge is 0.310 e. The number of carboxylic acid groups (broad SMARTS) is 1. The van der Waals surface area contributed by atoms with E-state index in [0.29, 0.717) is 13.0 Å². The van der Waals surface area contributed by atoms with Crippen molar-refractivity contribution in [3.63, 3.8) is 0 Å². The van der Waals surface area contributed by atoms with Gasteiger partial charge in [0.1, 0.15) is 0 Å². The van der Waals surface area contributed by atoms with Crippen molar-refractivity contribution in [1.29, 1.82) is 0 Å². The van der Waals surface area contributed by atoms with E-state index in [4.69, 9.17) is 9.84 Å². The Bertz CT molecular complexity index is 367. The normalized spacial score (nSPS) is 25.4. The van der Waals surface area contributed by atoms with Gasteiger partial charge in [0.05, 0.1) is 30.9 Å². The van der Waals surface area contributed by atoms with Crippen LogP contribution < -0.4 is 0 Å². The molecule has 1 fully saturated rings. The summed E-state index contributed by atoms with van der Waals surface area (Å²) in [7, 11) is -3.38. The summed E-state index contributed by atoms with van der Waals surface area (Å²) >= 11 is 0. The van der Waals surface area contributed by atoms with Gasteiger partial charge in [-0.1, -0.05) is 6.92 Å². The van der Waals surface area contributed by atoms with Crippen molar-refractivity contribution in [3.8, 4) is 0 Å². The Kier molecular flexibility index (Phi) is 4.91. The van der Waals surface area contributed by atoms with Crippen LogP contribution in [0.2, 0.25) is 0 Å². The molecule has 2 atom stereocenters. The van der Waals surface area contributed by atoms with Crippen LogP contribution in [0.4, 0.5) is 0 Å². The molecular weight excluding hydrogens is 246 g/mol. The Labute approximate surface area is 102 Å². The van der Waals surface area contributed by atoms with E-state index in [0.717, 1.165) is 0 Å². The van der Waals surface area contributed by atoms with Crippen LogP contribution in [-0.4, -0.2) is 55.4 Å². The summed E-state index contributed by atoms with van der Waals surface area (Å²) in [5.74, 6) is -1.78. The monoisotopic (exact) mass is 265 g/mol. The molecule has 17 heavy (non-hydrogen) atoms. The van der Waals surface area contributed by atoms with Gasteiger partial charge in [-0.25, -0.2) is 8.42 Å². The molecule has 0 spiro atoms. The van der Waals surface area contributed by atoms with Gasteiger partial charge in [0.2, 0.25) is 10.0 Å². The lowest BCUT2D eigenvalue weighted by Crippen LogP contribution is -2.47. The molecule has 0 amide bonds. The molecule has 1 saturated heterocycles. The summed E-state index contributed by atoms with van der Waals surface area (Å²) in [6, 6.07) is -0.572. The minimum absolute atomic E-state index is 0.0180. The average molecular weight is 265 g/mol. The molecule has 1 rings (SSSR count). The maximum atomic E-state index is 11.9. The highest BCUT2D eigenvalue weighted by atomic mass is 32.2. The maximum Gasteiger partial charge on any atom is 0.310 e. The summed E-state index contributed by atoms with van der Waals surface area (Å²) < 4.78 is 30.2. The quantitative estimate of drug-likeness (QED) is 0.739.